The van der Waals surface area contributed by atoms with Gasteiger partial charge in [0, 0.05) is 26.7 Å². The fourth-order valence-corrected chi connectivity index (χ4v) is 4.28. The lowest BCUT2D eigenvalue weighted by molar-refractivity contribution is -0.530. The van der Waals surface area contributed by atoms with Crippen LogP contribution in [0.5, 0.6) is 0 Å². The summed E-state index contributed by atoms with van der Waals surface area (Å²) in [5, 5.41) is 18.6. The zero-order valence-corrected chi connectivity index (χ0v) is 24.3. The molecule has 0 fully saturated rings. The first-order valence-electron chi connectivity index (χ1n) is 12.2. The number of benzene rings is 2. The summed E-state index contributed by atoms with van der Waals surface area (Å²) in [6, 6.07) is 16.3. The van der Waals surface area contributed by atoms with Crippen molar-refractivity contribution in [2.75, 3.05) is 26.3 Å². The Labute approximate surface area is 247 Å². The summed E-state index contributed by atoms with van der Waals surface area (Å²) >= 11 is 7.01. The number of rotatable bonds is 7. The zero-order valence-electron chi connectivity index (χ0n) is 21.2. The van der Waals surface area contributed by atoms with E-state index < -0.39 is 7.25 Å². The second-order valence-electron chi connectivity index (χ2n) is 8.48. The zero-order chi connectivity index (χ0) is 29.1. The van der Waals surface area contributed by atoms with Gasteiger partial charge in [0.2, 0.25) is 0 Å². The topological polar surface area (TPSA) is 52.7 Å². The van der Waals surface area contributed by atoms with Gasteiger partial charge in [-0.1, -0.05) is 62.2 Å². The molecule has 0 spiro atoms. The predicted molar refractivity (Wildman–Crippen MR) is 159 cm³/mol. The van der Waals surface area contributed by atoms with Crippen LogP contribution in [0.25, 0.3) is 11.3 Å². The van der Waals surface area contributed by atoms with Crippen molar-refractivity contribution < 1.29 is 36.8 Å². The summed E-state index contributed by atoms with van der Waals surface area (Å²) in [6.07, 6.45) is 16.1. The van der Waals surface area contributed by atoms with E-state index in [4.69, 9.17) is 4.74 Å². The molecule has 0 radical (unpaired) electrons. The monoisotopic (exact) mass is 681 g/mol. The second-order valence-corrected chi connectivity index (χ2v) is 10.3. The minimum Gasteiger partial charge on any atom is -0.457 e. The molecule has 0 saturated carbocycles. The number of allylic oxidation sites excluding steroid dienone is 10. The van der Waals surface area contributed by atoms with Crippen molar-refractivity contribution in [1.29, 1.82) is 0 Å². The van der Waals surface area contributed by atoms with Gasteiger partial charge in [-0.05, 0) is 71.4 Å². The lowest BCUT2D eigenvalue weighted by Crippen LogP contribution is -2.26. The van der Waals surface area contributed by atoms with Crippen LogP contribution in [-0.2, 0) is 4.74 Å². The summed E-state index contributed by atoms with van der Waals surface area (Å²) in [5.74, 6) is 1.53. The fourth-order valence-electron chi connectivity index (χ4n) is 3.76. The molecule has 40 heavy (non-hydrogen) atoms. The van der Waals surface area contributed by atoms with E-state index in [-0.39, 0.29) is 13.2 Å². The molecule has 2 aliphatic rings. The number of halogens is 6. The van der Waals surface area contributed by atoms with Crippen LogP contribution in [0.4, 0.5) is 17.3 Å². The number of aliphatic hydroxyl groups excluding tert-OH is 2. The molecular weight excluding hydrogens is 657 g/mol. The van der Waals surface area contributed by atoms with Crippen molar-refractivity contribution in [2.45, 2.75) is 0 Å². The molecular formula is C29H26BBr2F4NO3. The molecule has 2 aromatic carbocycles. The van der Waals surface area contributed by atoms with E-state index >= 15 is 0 Å². The van der Waals surface area contributed by atoms with Gasteiger partial charge in [-0.2, -0.15) is 0 Å². The van der Waals surface area contributed by atoms with E-state index in [1.165, 1.54) is 0 Å². The van der Waals surface area contributed by atoms with Gasteiger partial charge in [-0.3, -0.25) is 0 Å². The Morgan fingerprint density at radius 1 is 0.725 bits per heavy atom. The number of ether oxygens (including phenoxy) is 1. The van der Waals surface area contributed by atoms with Crippen LogP contribution in [0, 0.1) is 0 Å². The SMILES string of the molecule is F[B-](F)(F)F.OCC[N+](CCO)=C1C=CC(=CC=C2C=C(c3ccc(Br)cc3)C=C(c3ccc(Br)cc3)O2)C=C1. The fraction of sp³-hybridized carbons (Fsp3) is 0.138. The van der Waals surface area contributed by atoms with Crippen LogP contribution in [-0.4, -0.2) is 54.1 Å². The number of hydrogen-bond acceptors (Lipinski definition) is 3. The predicted octanol–water partition coefficient (Wildman–Crippen LogP) is 7.34. The van der Waals surface area contributed by atoms with Gasteiger partial charge in [0.1, 0.15) is 24.7 Å². The Kier molecular flexibility index (Phi) is 11.9. The first kappa shape index (κ1) is 31.5. The Morgan fingerprint density at radius 2 is 1.23 bits per heavy atom. The van der Waals surface area contributed by atoms with Gasteiger partial charge in [-0.25, -0.2) is 4.58 Å². The molecule has 0 bridgehead atoms. The van der Waals surface area contributed by atoms with Gasteiger partial charge in [0.05, 0.1) is 0 Å². The average Bonchev–Trinajstić information content (AvgIpc) is 2.92. The number of nitrogens with zero attached hydrogens (tertiary/aromatic N) is 1. The van der Waals surface area contributed by atoms with Crippen LogP contribution < -0.4 is 0 Å². The average molecular weight is 683 g/mol. The number of aliphatic hydroxyl groups is 2. The highest BCUT2D eigenvalue weighted by Crippen LogP contribution is 2.33. The smallest absolute Gasteiger partial charge is 0.457 e. The van der Waals surface area contributed by atoms with Crippen molar-refractivity contribution in [3.63, 3.8) is 0 Å². The van der Waals surface area contributed by atoms with Gasteiger partial charge in [-0.15, -0.1) is 0 Å². The molecule has 2 N–H and O–H groups in total. The highest BCUT2D eigenvalue weighted by molar-refractivity contribution is 9.10. The maximum atomic E-state index is 9.75. The third-order valence-electron chi connectivity index (χ3n) is 5.56. The van der Waals surface area contributed by atoms with E-state index in [0.717, 1.165) is 48.4 Å². The Hall–Kier alpha value is -2.99. The minimum atomic E-state index is -6.00. The molecule has 2 aromatic rings. The van der Waals surface area contributed by atoms with Gasteiger partial charge < -0.3 is 32.2 Å². The normalized spacial score (nSPS) is 15.7. The van der Waals surface area contributed by atoms with Gasteiger partial charge in [0.15, 0.2) is 18.8 Å². The van der Waals surface area contributed by atoms with Gasteiger partial charge >= 0.3 is 7.25 Å². The maximum Gasteiger partial charge on any atom is 0.673 e. The molecule has 210 valence electrons. The second kappa shape index (κ2) is 15.1. The molecule has 1 aliphatic heterocycles. The van der Waals surface area contributed by atoms with Crippen LogP contribution in [0.3, 0.4) is 0 Å². The molecule has 0 aromatic heterocycles. The quantitative estimate of drug-likeness (QED) is 0.183. The van der Waals surface area contributed by atoms with E-state index in [9.17, 15) is 27.5 Å². The summed E-state index contributed by atoms with van der Waals surface area (Å²) in [7, 11) is -6.00. The third kappa shape index (κ3) is 10.5. The van der Waals surface area contributed by atoms with Crippen molar-refractivity contribution in [3.8, 4) is 0 Å². The largest absolute Gasteiger partial charge is 0.673 e. The minimum absolute atomic E-state index is 0.0402. The Balaban J connectivity index is 0.000000810. The Morgan fingerprint density at radius 3 is 1.73 bits per heavy atom. The van der Waals surface area contributed by atoms with Crippen LogP contribution in [0.2, 0.25) is 0 Å². The lowest BCUT2D eigenvalue weighted by Gasteiger charge is -2.18. The summed E-state index contributed by atoms with van der Waals surface area (Å²) in [6.45, 7) is 1.05. The van der Waals surface area contributed by atoms with E-state index in [2.05, 4.69) is 50.1 Å². The molecule has 0 atom stereocenters. The van der Waals surface area contributed by atoms with Crippen molar-refractivity contribution in [1.82, 2.24) is 0 Å². The van der Waals surface area contributed by atoms with Crippen LogP contribution in [0.1, 0.15) is 11.1 Å². The van der Waals surface area contributed by atoms with Crippen LogP contribution in [0.15, 0.2) is 117 Å². The molecule has 0 amide bonds. The maximum absolute atomic E-state index is 9.75. The van der Waals surface area contributed by atoms with Crippen molar-refractivity contribution in [2.24, 2.45) is 0 Å². The highest BCUT2D eigenvalue weighted by atomic mass is 79.9. The summed E-state index contributed by atoms with van der Waals surface area (Å²) in [5.41, 5.74) is 5.16. The van der Waals surface area contributed by atoms with Crippen molar-refractivity contribution >= 4 is 56.2 Å². The van der Waals surface area contributed by atoms with E-state index in [0.29, 0.717) is 13.1 Å². The number of hydrogen-bond donors (Lipinski definition) is 2. The lowest BCUT2D eigenvalue weighted by atomic mass is 10.0. The first-order valence-corrected chi connectivity index (χ1v) is 13.8. The standard InChI is InChI=1S/C29H26Br2NO3.BF4/c30-25-8-4-22(5-9-25)24-19-28(35-29(20-24)23-6-10-26(31)11-7-23)14-3-21-1-12-27(13-2-21)32(15-17-33)16-18-34;2-1(3,4)5/h1-14,19-20,33-34H,15-18H2;/q+1;-1. The summed E-state index contributed by atoms with van der Waals surface area (Å²) in [4.78, 5) is 0. The molecule has 0 unspecified atom stereocenters. The first-order chi connectivity index (χ1) is 19.1. The van der Waals surface area contributed by atoms with Crippen molar-refractivity contribution in [3.05, 3.63) is 129 Å². The molecule has 1 aliphatic carbocycles. The third-order valence-corrected chi connectivity index (χ3v) is 6.61. The summed E-state index contributed by atoms with van der Waals surface area (Å²) < 4.78 is 49.3. The molecule has 4 nitrogen and oxygen atoms in total. The van der Waals surface area contributed by atoms with E-state index in [1.807, 2.05) is 83.5 Å². The molecule has 1 heterocycles. The molecule has 11 heteroatoms. The van der Waals surface area contributed by atoms with E-state index in [1.54, 1.807) is 0 Å². The Bertz CT molecular complexity index is 1360. The van der Waals surface area contributed by atoms with Crippen LogP contribution >= 0.6 is 31.9 Å². The highest BCUT2D eigenvalue weighted by Gasteiger charge is 2.20. The molecule has 0 saturated heterocycles. The molecule has 4 rings (SSSR count). The van der Waals surface area contributed by atoms with Gasteiger partial charge in [0.25, 0.3) is 0 Å².